The molecule has 0 saturated carbocycles. The summed E-state index contributed by atoms with van der Waals surface area (Å²) in [5, 5.41) is 7.10. The summed E-state index contributed by atoms with van der Waals surface area (Å²) >= 11 is 0. The van der Waals surface area contributed by atoms with Crippen molar-refractivity contribution in [2.45, 2.75) is 5.41 Å². The number of hydrogen-bond donors (Lipinski definition) is 0. The Kier molecular flexibility index (Phi) is 7.01. The lowest BCUT2D eigenvalue weighted by atomic mass is 9.58. The van der Waals surface area contributed by atoms with Crippen LogP contribution in [0.25, 0.3) is 71.3 Å². The van der Waals surface area contributed by atoms with Crippen molar-refractivity contribution in [2.75, 3.05) is 4.90 Å². The van der Waals surface area contributed by atoms with E-state index in [0.717, 1.165) is 72.8 Å². The molecule has 3 heterocycles. The monoisotopic (exact) mass is 804 g/mol. The van der Waals surface area contributed by atoms with Gasteiger partial charge in [-0.15, -0.1) is 0 Å². The molecule has 1 atom stereocenters. The number of anilines is 3. The second-order valence-electron chi connectivity index (χ2n) is 16.8. The Morgan fingerprint density at radius 1 is 0.381 bits per heavy atom. The number of nitrogens with zero attached hydrogens (tertiary/aromatic N) is 2. The molecule has 4 nitrogen and oxygen atoms in total. The molecule has 10 aromatic carbocycles. The third kappa shape index (κ3) is 4.69. The molecule has 0 saturated heterocycles. The number of aromatic nitrogens is 1. The van der Waals surface area contributed by atoms with Crippen molar-refractivity contribution >= 4 is 71.6 Å². The summed E-state index contributed by atoms with van der Waals surface area (Å²) in [5.74, 6) is 1.69. The zero-order valence-corrected chi connectivity index (χ0v) is 34.0. The van der Waals surface area contributed by atoms with Gasteiger partial charge in [-0.1, -0.05) is 146 Å². The normalized spacial score (nSPS) is 14.9. The van der Waals surface area contributed by atoms with Gasteiger partial charge in [0, 0.05) is 61.5 Å². The van der Waals surface area contributed by atoms with E-state index in [4.69, 9.17) is 9.15 Å². The van der Waals surface area contributed by atoms with Gasteiger partial charge in [-0.3, -0.25) is 0 Å². The number of rotatable bonds is 4. The largest absolute Gasteiger partial charge is 0.457 e. The van der Waals surface area contributed by atoms with Crippen molar-refractivity contribution in [3.63, 3.8) is 0 Å². The first-order chi connectivity index (χ1) is 31.2. The Bertz CT molecular complexity index is 3850. The summed E-state index contributed by atoms with van der Waals surface area (Å²) < 4.78 is 15.9. The maximum absolute atomic E-state index is 7.12. The van der Waals surface area contributed by atoms with Crippen LogP contribution in [0.4, 0.5) is 17.1 Å². The highest BCUT2D eigenvalue weighted by molar-refractivity contribution is 6.11. The highest BCUT2D eigenvalue weighted by Gasteiger charge is 2.49. The molecule has 0 bridgehead atoms. The number of fused-ring (bicyclic) bond motifs is 14. The standard InChI is InChI=1S/C59H36N2O2/c1-2-16-38(17-3-1)61-52-25-9-5-19-43(52)44-31-28-40(35-53(44)61)60(39-30-33-55-47(34-39)45-20-6-10-26-54(45)62-55)41-29-32-50-57(36-41)63-56-27-11-8-23-49(56)59(50)48-22-7-4-18-42(48)46-21-12-14-37-15-13-24-51(59)58(37)46/h1-36H. The number of ether oxygens (including phenoxy) is 1. The van der Waals surface area contributed by atoms with Crippen molar-refractivity contribution in [1.82, 2.24) is 4.57 Å². The van der Waals surface area contributed by atoms with Crippen LogP contribution >= 0.6 is 0 Å². The van der Waals surface area contributed by atoms with Crippen molar-refractivity contribution < 1.29 is 9.15 Å². The van der Waals surface area contributed by atoms with Gasteiger partial charge in [0.25, 0.3) is 0 Å². The van der Waals surface area contributed by atoms with E-state index in [1.54, 1.807) is 0 Å². The van der Waals surface area contributed by atoms with Gasteiger partial charge in [0.05, 0.1) is 16.4 Å². The zero-order chi connectivity index (χ0) is 41.2. The number of furan rings is 1. The van der Waals surface area contributed by atoms with Gasteiger partial charge < -0.3 is 18.6 Å². The van der Waals surface area contributed by atoms with Crippen LogP contribution in [0.1, 0.15) is 22.3 Å². The van der Waals surface area contributed by atoms with Gasteiger partial charge in [-0.2, -0.15) is 0 Å². The fourth-order valence-corrected chi connectivity index (χ4v) is 11.1. The number of para-hydroxylation sites is 4. The predicted octanol–water partition coefficient (Wildman–Crippen LogP) is 15.8. The summed E-state index contributed by atoms with van der Waals surface area (Å²) in [4.78, 5) is 2.37. The Hall–Kier alpha value is -8.34. The molecule has 2 aliphatic rings. The predicted molar refractivity (Wildman–Crippen MR) is 258 cm³/mol. The highest BCUT2D eigenvalue weighted by atomic mass is 16.5. The van der Waals surface area contributed by atoms with Gasteiger partial charge >= 0.3 is 0 Å². The van der Waals surface area contributed by atoms with Gasteiger partial charge in [0.2, 0.25) is 0 Å². The summed E-state index contributed by atoms with van der Waals surface area (Å²) in [6.45, 7) is 0. The van der Waals surface area contributed by atoms with Crippen molar-refractivity contribution in [3.8, 4) is 28.3 Å². The molecule has 2 aromatic heterocycles. The second-order valence-corrected chi connectivity index (χ2v) is 16.8. The number of hydrogen-bond acceptors (Lipinski definition) is 3. The van der Waals surface area contributed by atoms with Gasteiger partial charge in [-0.05, 0) is 99.8 Å². The molecule has 294 valence electrons. The summed E-state index contributed by atoms with van der Waals surface area (Å²) in [7, 11) is 0. The van der Waals surface area contributed by atoms with Crippen LogP contribution < -0.4 is 9.64 Å². The van der Waals surface area contributed by atoms with Crippen LogP contribution in [-0.2, 0) is 5.41 Å². The van der Waals surface area contributed by atoms with E-state index in [9.17, 15) is 0 Å². The van der Waals surface area contributed by atoms with Crippen LogP contribution in [0, 0.1) is 0 Å². The van der Waals surface area contributed by atoms with Crippen LogP contribution in [0.15, 0.2) is 223 Å². The Labute approximate surface area is 363 Å². The molecule has 1 aliphatic carbocycles. The molecule has 0 amide bonds. The van der Waals surface area contributed by atoms with E-state index in [-0.39, 0.29) is 0 Å². The Balaban J connectivity index is 1.05. The zero-order valence-electron chi connectivity index (χ0n) is 34.0. The Morgan fingerprint density at radius 2 is 1.02 bits per heavy atom. The molecule has 63 heavy (non-hydrogen) atoms. The summed E-state index contributed by atoms with van der Waals surface area (Å²) in [6.07, 6.45) is 0. The smallest absolute Gasteiger partial charge is 0.135 e. The van der Waals surface area contributed by atoms with Crippen LogP contribution in [0.2, 0.25) is 0 Å². The van der Waals surface area contributed by atoms with Crippen molar-refractivity contribution in [3.05, 3.63) is 241 Å². The van der Waals surface area contributed by atoms with E-state index in [1.165, 1.54) is 49.3 Å². The average Bonchev–Trinajstić information content (AvgIpc) is 3.88. The van der Waals surface area contributed by atoms with E-state index in [0.29, 0.717) is 0 Å². The molecule has 4 heteroatoms. The topological polar surface area (TPSA) is 30.5 Å². The molecule has 0 radical (unpaired) electrons. The Morgan fingerprint density at radius 3 is 1.94 bits per heavy atom. The van der Waals surface area contributed by atoms with E-state index in [2.05, 4.69) is 216 Å². The van der Waals surface area contributed by atoms with Gasteiger partial charge in [-0.25, -0.2) is 0 Å². The molecule has 1 unspecified atom stereocenters. The lowest BCUT2D eigenvalue weighted by Crippen LogP contribution is -2.36. The fraction of sp³-hybridized carbons (Fsp3) is 0.0169. The minimum absolute atomic E-state index is 0.623. The lowest BCUT2D eigenvalue weighted by Gasteiger charge is -2.45. The molecule has 0 N–H and O–H groups in total. The molecule has 0 fully saturated rings. The highest BCUT2D eigenvalue weighted by Crippen LogP contribution is 2.61. The van der Waals surface area contributed by atoms with E-state index >= 15 is 0 Å². The maximum Gasteiger partial charge on any atom is 0.135 e. The first kappa shape index (κ1) is 34.4. The first-order valence-electron chi connectivity index (χ1n) is 21.6. The van der Waals surface area contributed by atoms with E-state index < -0.39 is 5.41 Å². The van der Waals surface area contributed by atoms with Crippen molar-refractivity contribution in [1.29, 1.82) is 0 Å². The van der Waals surface area contributed by atoms with Gasteiger partial charge in [0.15, 0.2) is 0 Å². The molecular formula is C59H36N2O2. The third-order valence-electron chi connectivity index (χ3n) is 13.6. The minimum atomic E-state index is -0.623. The molecule has 14 rings (SSSR count). The molecule has 1 spiro atoms. The first-order valence-corrected chi connectivity index (χ1v) is 21.6. The number of benzene rings is 10. The molecule has 12 aromatic rings. The van der Waals surface area contributed by atoms with Gasteiger partial charge in [0.1, 0.15) is 22.7 Å². The summed E-state index contributed by atoms with van der Waals surface area (Å²) in [5.41, 5.74) is 14.9. The van der Waals surface area contributed by atoms with Crippen molar-refractivity contribution in [2.24, 2.45) is 0 Å². The molecule has 1 aliphatic heterocycles. The van der Waals surface area contributed by atoms with E-state index in [1.807, 2.05) is 12.1 Å². The SMILES string of the molecule is c1ccc(-n2c3ccccc3c3ccc(N(c4ccc5c(c4)Oc4ccccc4C54c5ccccc5-c5cccc6cccc4c56)c4ccc5oc6ccccc6c5c4)cc32)cc1. The fourth-order valence-electron chi connectivity index (χ4n) is 11.1. The van der Waals surface area contributed by atoms with Crippen LogP contribution in [0.3, 0.4) is 0 Å². The van der Waals surface area contributed by atoms with Crippen LogP contribution in [-0.4, -0.2) is 4.57 Å². The quantitative estimate of drug-likeness (QED) is 0.178. The maximum atomic E-state index is 7.12. The molecular weight excluding hydrogens is 769 g/mol. The van der Waals surface area contributed by atoms with Crippen LogP contribution in [0.5, 0.6) is 11.5 Å². The third-order valence-corrected chi connectivity index (χ3v) is 13.6. The second kappa shape index (κ2) is 12.8. The average molecular weight is 805 g/mol. The lowest BCUT2D eigenvalue weighted by molar-refractivity contribution is 0.435. The minimum Gasteiger partial charge on any atom is -0.457 e. The summed E-state index contributed by atoms with van der Waals surface area (Å²) in [6, 6.07) is 79.0.